The fourth-order valence-corrected chi connectivity index (χ4v) is 4.39. The van der Waals surface area contributed by atoms with Gasteiger partial charge in [0.2, 0.25) is 5.91 Å². The topological polar surface area (TPSA) is 115 Å². The molecule has 0 bridgehead atoms. The maximum atomic E-state index is 12.2. The van der Waals surface area contributed by atoms with Crippen molar-refractivity contribution < 1.29 is 23.7 Å². The number of carbonyl (C=O) groups is 1. The van der Waals surface area contributed by atoms with Crippen molar-refractivity contribution >= 4 is 5.91 Å². The van der Waals surface area contributed by atoms with E-state index in [0.29, 0.717) is 13.2 Å². The van der Waals surface area contributed by atoms with Crippen molar-refractivity contribution in [3.05, 3.63) is 118 Å². The zero-order valence-corrected chi connectivity index (χ0v) is 21.3. The second-order valence-electron chi connectivity index (χ2n) is 9.02. The maximum absolute atomic E-state index is 12.2. The minimum absolute atomic E-state index is 0.170. The lowest BCUT2D eigenvalue weighted by molar-refractivity contribution is -0.231. The van der Waals surface area contributed by atoms with Crippen molar-refractivity contribution in [3.63, 3.8) is 0 Å². The van der Waals surface area contributed by atoms with Crippen LogP contribution in [0.25, 0.3) is 10.4 Å². The second kappa shape index (κ2) is 14.3. The summed E-state index contributed by atoms with van der Waals surface area (Å²) in [5.74, 6) is -0.300. The number of ether oxygens (including phenoxy) is 4. The number of azide groups is 1. The van der Waals surface area contributed by atoms with Crippen molar-refractivity contribution in [3.8, 4) is 0 Å². The van der Waals surface area contributed by atoms with Crippen molar-refractivity contribution in [1.29, 1.82) is 0 Å². The Bertz CT molecular complexity index is 1180. The van der Waals surface area contributed by atoms with Gasteiger partial charge in [-0.1, -0.05) is 96.1 Å². The minimum atomic E-state index is -1.01. The highest BCUT2D eigenvalue weighted by molar-refractivity contribution is 5.73. The van der Waals surface area contributed by atoms with Crippen LogP contribution in [0.2, 0.25) is 0 Å². The summed E-state index contributed by atoms with van der Waals surface area (Å²) in [4.78, 5) is 15.1. The van der Waals surface area contributed by atoms with Crippen LogP contribution in [0.15, 0.2) is 96.1 Å². The summed E-state index contributed by atoms with van der Waals surface area (Å²) in [6, 6.07) is 28.5. The molecule has 1 N–H and O–H groups in total. The van der Waals surface area contributed by atoms with Crippen LogP contribution in [0.1, 0.15) is 23.6 Å². The van der Waals surface area contributed by atoms with Gasteiger partial charge >= 0.3 is 0 Å². The largest absolute Gasteiger partial charge is 0.374 e. The Kier molecular flexibility index (Phi) is 10.3. The molecular weight excluding hydrogens is 484 g/mol. The lowest BCUT2D eigenvalue weighted by Gasteiger charge is -2.45. The molecule has 0 radical (unpaired) electrons. The Morgan fingerprint density at radius 3 is 1.84 bits per heavy atom. The summed E-state index contributed by atoms with van der Waals surface area (Å²) in [6.07, 6.45) is -2.94. The standard InChI is InChI=1S/C29H32N4O5/c1-21(34)31-26-28(37-19-24-15-9-4-10-16-24)27(36-18-23-13-7-3-8-14-23)25(38-29(26)32-33-30)20-35-17-22-11-5-2-6-12-22/h2-16,25-29H,17-20H2,1H3,(H,31,34)/t25-,26+,27-,28-,29+/m1/s1. The molecule has 198 valence electrons. The molecule has 4 rings (SSSR count). The van der Waals surface area contributed by atoms with Crippen LogP contribution in [0, 0.1) is 0 Å². The molecule has 0 saturated carbocycles. The van der Waals surface area contributed by atoms with Crippen LogP contribution in [-0.4, -0.2) is 43.1 Å². The number of hydrogen-bond donors (Lipinski definition) is 1. The van der Waals surface area contributed by atoms with Gasteiger partial charge in [0, 0.05) is 11.8 Å². The van der Waals surface area contributed by atoms with E-state index in [1.165, 1.54) is 6.92 Å². The molecule has 1 saturated heterocycles. The minimum Gasteiger partial charge on any atom is -0.374 e. The predicted octanol–water partition coefficient (Wildman–Crippen LogP) is 4.91. The molecule has 5 atom stereocenters. The molecule has 3 aromatic rings. The third-order valence-corrected chi connectivity index (χ3v) is 6.17. The van der Waals surface area contributed by atoms with E-state index in [1.807, 2.05) is 91.0 Å². The number of amides is 1. The van der Waals surface area contributed by atoms with Gasteiger partial charge in [0.25, 0.3) is 0 Å². The smallest absolute Gasteiger partial charge is 0.217 e. The van der Waals surface area contributed by atoms with Gasteiger partial charge in [-0.3, -0.25) is 4.79 Å². The van der Waals surface area contributed by atoms with Gasteiger partial charge in [-0.05, 0) is 22.2 Å². The van der Waals surface area contributed by atoms with Crippen LogP contribution in [0.4, 0.5) is 0 Å². The van der Waals surface area contributed by atoms with Crippen LogP contribution < -0.4 is 5.32 Å². The summed E-state index contributed by atoms with van der Waals surface area (Å²) < 4.78 is 25.0. The molecule has 1 fully saturated rings. The van der Waals surface area contributed by atoms with Gasteiger partial charge in [0.1, 0.15) is 18.3 Å². The average Bonchev–Trinajstić information content (AvgIpc) is 2.94. The predicted molar refractivity (Wildman–Crippen MR) is 142 cm³/mol. The van der Waals surface area contributed by atoms with Crippen LogP contribution >= 0.6 is 0 Å². The first-order valence-electron chi connectivity index (χ1n) is 12.5. The van der Waals surface area contributed by atoms with Gasteiger partial charge in [-0.2, -0.15) is 0 Å². The molecule has 9 heteroatoms. The van der Waals surface area contributed by atoms with Crippen molar-refractivity contribution in [1.82, 2.24) is 5.32 Å². The number of hydrogen-bond acceptors (Lipinski definition) is 6. The first-order valence-corrected chi connectivity index (χ1v) is 12.5. The van der Waals surface area contributed by atoms with E-state index >= 15 is 0 Å². The third kappa shape index (κ3) is 7.89. The molecule has 1 aliphatic heterocycles. The summed E-state index contributed by atoms with van der Waals surface area (Å²) in [5, 5.41) is 6.70. The van der Waals surface area contributed by atoms with Crippen LogP contribution in [-0.2, 0) is 43.6 Å². The summed E-state index contributed by atoms with van der Waals surface area (Å²) in [5.41, 5.74) is 12.2. The number of nitrogens with zero attached hydrogens (tertiary/aromatic N) is 3. The van der Waals surface area contributed by atoms with E-state index in [9.17, 15) is 10.3 Å². The molecule has 1 aliphatic rings. The molecule has 1 amide bonds. The summed E-state index contributed by atoms with van der Waals surface area (Å²) in [6.45, 7) is 2.52. The molecular formula is C29H32N4O5. The lowest BCUT2D eigenvalue weighted by Crippen LogP contribution is -2.64. The second-order valence-corrected chi connectivity index (χ2v) is 9.02. The molecule has 3 aromatic carbocycles. The monoisotopic (exact) mass is 516 g/mol. The van der Waals surface area contributed by atoms with Crippen LogP contribution in [0.5, 0.6) is 0 Å². The zero-order chi connectivity index (χ0) is 26.6. The van der Waals surface area contributed by atoms with E-state index in [-0.39, 0.29) is 19.1 Å². The Morgan fingerprint density at radius 2 is 1.34 bits per heavy atom. The van der Waals surface area contributed by atoms with Crippen molar-refractivity contribution in [2.45, 2.75) is 57.3 Å². The Hall–Kier alpha value is -3.72. The quantitative estimate of drug-likeness (QED) is 0.209. The van der Waals surface area contributed by atoms with Gasteiger partial charge in [-0.15, -0.1) is 0 Å². The van der Waals surface area contributed by atoms with E-state index in [1.54, 1.807) is 0 Å². The third-order valence-electron chi connectivity index (χ3n) is 6.17. The van der Waals surface area contributed by atoms with E-state index in [2.05, 4.69) is 15.3 Å². The molecule has 38 heavy (non-hydrogen) atoms. The molecule has 0 unspecified atom stereocenters. The van der Waals surface area contributed by atoms with E-state index < -0.39 is 30.6 Å². The van der Waals surface area contributed by atoms with Gasteiger partial charge < -0.3 is 24.3 Å². The number of rotatable bonds is 12. The number of nitrogens with one attached hydrogen (secondary N) is 1. The molecule has 0 aromatic heterocycles. The highest BCUT2D eigenvalue weighted by atomic mass is 16.6. The van der Waals surface area contributed by atoms with E-state index in [4.69, 9.17) is 18.9 Å². The SMILES string of the molecule is CC(=O)N[C@H]1[C@@H](OCc2ccccc2)[C@H](OCc2ccccc2)[C@@H](COCc2ccccc2)O[C@@H]1N=[N+]=[N-]. The first-order chi connectivity index (χ1) is 18.6. The highest BCUT2D eigenvalue weighted by Crippen LogP contribution is 2.29. The first kappa shape index (κ1) is 27.3. The van der Waals surface area contributed by atoms with Gasteiger partial charge in [0.15, 0.2) is 6.23 Å². The maximum Gasteiger partial charge on any atom is 0.217 e. The zero-order valence-electron chi connectivity index (χ0n) is 21.3. The molecule has 0 spiro atoms. The average molecular weight is 517 g/mol. The Labute approximate surface area is 222 Å². The van der Waals surface area contributed by atoms with Crippen molar-refractivity contribution in [2.24, 2.45) is 5.11 Å². The van der Waals surface area contributed by atoms with Crippen LogP contribution in [0.3, 0.4) is 0 Å². The molecule has 0 aliphatic carbocycles. The van der Waals surface area contributed by atoms with Crippen molar-refractivity contribution in [2.75, 3.05) is 6.61 Å². The fourth-order valence-electron chi connectivity index (χ4n) is 4.39. The Balaban J connectivity index is 1.59. The number of benzene rings is 3. The fraction of sp³-hybridized carbons (Fsp3) is 0.345. The number of carbonyl (C=O) groups excluding carboxylic acids is 1. The molecule has 1 heterocycles. The normalized spacial score (nSPS) is 22.8. The summed E-state index contributed by atoms with van der Waals surface area (Å²) in [7, 11) is 0. The lowest BCUT2D eigenvalue weighted by atomic mass is 9.95. The Morgan fingerprint density at radius 1 is 0.842 bits per heavy atom. The van der Waals surface area contributed by atoms with Gasteiger partial charge in [0.05, 0.1) is 32.5 Å². The van der Waals surface area contributed by atoms with Gasteiger partial charge in [-0.25, -0.2) is 0 Å². The highest BCUT2D eigenvalue weighted by Gasteiger charge is 2.47. The van der Waals surface area contributed by atoms with E-state index in [0.717, 1.165) is 16.7 Å². The summed E-state index contributed by atoms with van der Waals surface area (Å²) >= 11 is 0. The molecule has 9 nitrogen and oxygen atoms in total.